The van der Waals surface area contributed by atoms with Gasteiger partial charge in [-0.25, -0.2) is 4.57 Å². The van der Waals surface area contributed by atoms with E-state index in [1.165, 1.54) is 141 Å². The normalized spacial score (nSPS) is 14.1. The lowest BCUT2D eigenvalue weighted by molar-refractivity contribution is -0.154. The number of carbonyl (C=O) groups is 2. The van der Waals surface area contributed by atoms with Crippen molar-refractivity contribution in [1.29, 1.82) is 0 Å². The Morgan fingerprint density at radius 2 is 0.917 bits per heavy atom. The second kappa shape index (κ2) is 45.2. The molecule has 0 aromatic heterocycles. The van der Waals surface area contributed by atoms with Gasteiger partial charge in [0.2, 0.25) is 0 Å². The van der Waals surface area contributed by atoms with Crippen LogP contribution in [0.3, 0.4) is 0 Å². The molecular formula is C49H92NO9P. The summed E-state index contributed by atoms with van der Waals surface area (Å²) in [7, 11) is -4.62. The van der Waals surface area contributed by atoms with Crippen LogP contribution in [0.4, 0.5) is 0 Å². The molecule has 10 nitrogen and oxygen atoms in total. The molecule has 0 radical (unpaired) electrons. The van der Waals surface area contributed by atoms with E-state index in [2.05, 4.69) is 50.3 Å². The Bertz CT molecular complexity index is 1100. The van der Waals surface area contributed by atoms with Crippen molar-refractivity contribution in [2.24, 2.45) is 5.73 Å². The quantitative estimate of drug-likeness (QED) is 0.0233. The van der Waals surface area contributed by atoms with E-state index < -0.39 is 45.1 Å². The molecule has 0 amide bonds. The van der Waals surface area contributed by atoms with Crippen LogP contribution in [0.5, 0.6) is 0 Å². The van der Waals surface area contributed by atoms with Crippen molar-refractivity contribution in [1.82, 2.24) is 0 Å². The molecule has 0 heterocycles. The number of phosphoric acid groups is 1. The molecular weight excluding hydrogens is 778 g/mol. The molecule has 0 rings (SSSR count). The number of phosphoric ester groups is 1. The minimum atomic E-state index is -4.62. The van der Waals surface area contributed by atoms with Crippen LogP contribution in [0.25, 0.3) is 0 Å². The molecule has 0 fully saturated rings. The Labute approximate surface area is 367 Å². The summed E-state index contributed by atoms with van der Waals surface area (Å²) in [5.41, 5.74) is 5.37. The predicted octanol–water partition coefficient (Wildman–Crippen LogP) is 14.0. The number of ether oxygens (including phenoxy) is 2. The number of carboxylic acid groups (broad SMARTS) is 1. The van der Waals surface area contributed by atoms with E-state index in [1.54, 1.807) is 0 Å². The van der Waals surface area contributed by atoms with E-state index in [-0.39, 0.29) is 13.0 Å². The minimum absolute atomic E-state index is 0.0128. The maximum absolute atomic E-state index is 12.7. The monoisotopic (exact) mass is 870 g/mol. The van der Waals surface area contributed by atoms with Crippen molar-refractivity contribution < 1.29 is 42.7 Å². The number of hydrogen-bond acceptors (Lipinski definition) is 8. The molecule has 0 aliphatic rings. The SMILES string of the molecule is CCCCCCC/C=C\C/C=C\CCCCCCCCCCCCOCC(COP(=O)(O)OCC(N)C(=O)O)OC(=O)CCCCCCC/C=C\CCCCCCCCC. The summed E-state index contributed by atoms with van der Waals surface area (Å²) in [6.07, 6.45) is 52.0. The molecule has 0 aliphatic heterocycles. The van der Waals surface area contributed by atoms with Gasteiger partial charge in [-0.05, 0) is 70.6 Å². The first-order chi connectivity index (χ1) is 29.2. The van der Waals surface area contributed by atoms with Gasteiger partial charge in [-0.2, -0.15) is 0 Å². The van der Waals surface area contributed by atoms with Gasteiger partial charge in [-0.15, -0.1) is 0 Å². The molecule has 352 valence electrons. The Kier molecular flexibility index (Phi) is 43.9. The average Bonchev–Trinajstić information content (AvgIpc) is 3.23. The van der Waals surface area contributed by atoms with E-state index in [1.807, 2.05) is 0 Å². The first kappa shape index (κ1) is 58.2. The zero-order chi connectivity index (χ0) is 44.0. The molecule has 0 bridgehead atoms. The van der Waals surface area contributed by atoms with E-state index in [0.29, 0.717) is 13.0 Å². The minimum Gasteiger partial charge on any atom is -0.480 e. The number of esters is 1. The van der Waals surface area contributed by atoms with Crippen LogP contribution >= 0.6 is 7.82 Å². The molecule has 0 aromatic carbocycles. The standard InChI is InChI=1S/C49H92NO9P/c1-3-5-7-9-11-13-15-17-19-21-22-23-24-25-26-28-30-32-34-36-38-40-42-56-43-46(44-57-60(54,55)58-45-47(50)49(52)53)59-48(51)41-39-37-35-33-31-29-27-20-18-16-14-12-10-8-6-4-2/h15,17,20-22,27,46-47H,3-14,16,18-19,23-26,28-45,50H2,1-2H3,(H,52,53)(H,54,55)/b17-15-,22-21-,27-20-. The number of carboxylic acids is 1. The molecule has 60 heavy (non-hydrogen) atoms. The van der Waals surface area contributed by atoms with E-state index in [4.69, 9.17) is 29.4 Å². The predicted molar refractivity (Wildman–Crippen MR) is 249 cm³/mol. The fourth-order valence-electron chi connectivity index (χ4n) is 6.81. The first-order valence-electron chi connectivity index (χ1n) is 24.5. The van der Waals surface area contributed by atoms with Crippen molar-refractivity contribution in [3.05, 3.63) is 36.5 Å². The summed E-state index contributed by atoms with van der Waals surface area (Å²) < 4.78 is 33.4. The number of unbranched alkanes of at least 4 members (excludes halogenated alkanes) is 27. The molecule has 0 saturated carbocycles. The summed E-state index contributed by atoms with van der Waals surface area (Å²) in [4.78, 5) is 33.6. The number of rotatable bonds is 47. The largest absolute Gasteiger partial charge is 0.480 e. The van der Waals surface area contributed by atoms with Gasteiger partial charge in [0.05, 0.1) is 19.8 Å². The topological polar surface area (TPSA) is 155 Å². The molecule has 0 aromatic rings. The summed E-state index contributed by atoms with van der Waals surface area (Å²) in [6, 6.07) is -1.47. The number of allylic oxidation sites excluding steroid dienone is 6. The maximum atomic E-state index is 12.7. The van der Waals surface area contributed by atoms with Crippen LogP contribution in [0.2, 0.25) is 0 Å². The van der Waals surface area contributed by atoms with Crippen molar-refractivity contribution in [2.75, 3.05) is 26.4 Å². The van der Waals surface area contributed by atoms with Crippen LogP contribution in [-0.4, -0.2) is 60.5 Å². The third-order valence-corrected chi connectivity index (χ3v) is 11.6. The average molecular weight is 870 g/mol. The zero-order valence-electron chi connectivity index (χ0n) is 38.6. The number of carbonyl (C=O) groups excluding carboxylic acids is 1. The molecule has 3 atom stereocenters. The second-order valence-corrected chi connectivity index (χ2v) is 18.0. The Hall–Kier alpha value is -1.81. The van der Waals surface area contributed by atoms with Gasteiger partial charge in [-0.1, -0.05) is 185 Å². The van der Waals surface area contributed by atoms with Gasteiger partial charge in [-0.3, -0.25) is 18.6 Å². The highest BCUT2D eigenvalue weighted by atomic mass is 31.2. The van der Waals surface area contributed by atoms with Crippen LogP contribution in [-0.2, 0) is 32.7 Å². The van der Waals surface area contributed by atoms with Crippen molar-refractivity contribution in [2.45, 2.75) is 238 Å². The van der Waals surface area contributed by atoms with Gasteiger partial charge in [0.15, 0.2) is 0 Å². The number of nitrogens with two attached hydrogens (primary N) is 1. The Morgan fingerprint density at radius 3 is 1.37 bits per heavy atom. The highest BCUT2D eigenvalue weighted by molar-refractivity contribution is 7.47. The van der Waals surface area contributed by atoms with E-state index in [0.717, 1.165) is 57.8 Å². The molecule has 0 spiro atoms. The third kappa shape index (κ3) is 44.3. The van der Waals surface area contributed by atoms with Gasteiger partial charge in [0, 0.05) is 13.0 Å². The fraction of sp³-hybridized carbons (Fsp3) is 0.837. The smallest absolute Gasteiger partial charge is 0.472 e. The van der Waals surface area contributed by atoms with E-state index in [9.17, 15) is 19.0 Å². The zero-order valence-corrected chi connectivity index (χ0v) is 39.5. The maximum Gasteiger partial charge on any atom is 0.472 e. The molecule has 3 unspecified atom stereocenters. The lowest BCUT2D eigenvalue weighted by Crippen LogP contribution is -2.34. The molecule has 0 aliphatic carbocycles. The summed E-state index contributed by atoms with van der Waals surface area (Å²) in [5, 5.41) is 8.92. The van der Waals surface area contributed by atoms with Gasteiger partial charge in [0.25, 0.3) is 0 Å². The van der Waals surface area contributed by atoms with E-state index >= 15 is 0 Å². The van der Waals surface area contributed by atoms with Crippen molar-refractivity contribution in [3.63, 3.8) is 0 Å². The Balaban J connectivity index is 4.16. The van der Waals surface area contributed by atoms with Crippen molar-refractivity contribution >= 4 is 19.8 Å². The van der Waals surface area contributed by atoms with Crippen LogP contribution in [0.1, 0.15) is 226 Å². The fourth-order valence-corrected chi connectivity index (χ4v) is 7.58. The Morgan fingerprint density at radius 1 is 0.533 bits per heavy atom. The van der Waals surface area contributed by atoms with Crippen LogP contribution in [0.15, 0.2) is 36.5 Å². The molecule has 11 heteroatoms. The lowest BCUT2D eigenvalue weighted by atomic mass is 10.1. The van der Waals surface area contributed by atoms with Crippen molar-refractivity contribution in [3.8, 4) is 0 Å². The summed E-state index contributed by atoms with van der Waals surface area (Å²) in [5.74, 6) is -1.78. The number of hydrogen-bond donors (Lipinski definition) is 3. The van der Waals surface area contributed by atoms with Gasteiger partial charge >= 0.3 is 19.8 Å². The highest BCUT2D eigenvalue weighted by Crippen LogP contribution is 2.43. The summed E-state index contributed by atoms with van der Waals surface area (Å²) in [6.45, 7) is 3.88. The number of aliphatic carboxylic acids is 1. The first-order valence-corrected chi connectivity index (χ1v) is 26.0. The molecule has 4 N–H and O–H groups in total. The van der Waals surface area contributed by atoms with Crippen LogP contribution < -0.4 is 5.73 Å². The summed E-state index contributed by atoms with van der Waals surface area (Å²) >= 11 is 0. The van der Waals surface area contributed by atoms with Gasteiger partial charge in [0.1, 0.15) is 12.1 Å². The molecule has 0 saturated heterocycles. The van der Waals surface area contributed by atoms with Crippen LogP contribution in [0, 0.1) is 0 Å². The second-order valence-electron chi connectivity index (χ2n) is 16.6. The van der Waals surface area contributed by atoms with Gasteiger partial charge < -0.3 is 25.2 Å². The third-order valence-electron chi connectivity index (χ3n) is 10.6. The highest BCUT2D eigenvalue weighted by Gasteiger charge is 2.27. The lowest BCUT2D eigenvalue weighted by Gasteiger charge is -2.20.